The Hall–Kier alpha value is -5.24. The molecule has 4 aromatic carbocycles. The zero-order chi connectivity index (χ0) is 37.5. The van der Waals surface area contributed by atoms with Gasteiger partial charge in [0.15, 0.2) is 11.6 Å². The molecule has 54 heavy (non-hydrogen) atoms. The topological polar surface area (TPSA) is 76.5 Å². The van der Waals surface area contributed by atoms with Gasteiger partial charge in [0.25, 0.3) is 0 Å². The van der Waals surface area contributed by atoms with Gasteiger partial charge in [-0.05, 0) is 98.5 Å². The van der Waals surface area contributed by atoms with Gasteiger partial charge in [0.1, 0.15) is 13.2 Å². The average molecular weight is 725 g/mol. The van der Waals surface area contributed by atoms with Crippen molar-refractivity contribution in [2.45, 2.75) is 79.1 Å². The van der Waals surface area contributed by atoms with E-state index in [0.717, 1.165) is 59.1 Å². The van der Waals surface area contributed by atoms with Crippen LogP contribution in [0.2, 0.25) is 0 Å². The number of aromatic nitrogens is 4. The molecule has 0 bridgehead atoms. The van der Waals surface area contributed by atoms with Gasteiger partial charge in [-0.2, -0.15) is 9.97 Å². The number of ether oxygens (including phenoxy) is 2. The second-order valence-electron chi connectivity index (χ2n) is 13.9. The molecule has 0 fully saturated rings. The van der Waals surface area contributed by atoms with Crippen LogP contribution >= 0.6 is 0 Å². The standard InChI is InChI=1S/C46H56N6O2/c1-5-9-29-51(30-10-6-2)37-25-21-35(22-26-37)43-47-41-19-15-13-17-39(41)45(49-43)53-33-34-54-46-40-18-14-16-20-42(40)48-44(50-46)36-23-27-38(28-24-36)52(31-11-7-3)32-12-8-4/h13-28H,5-12,29-34H2,1-4H3. The van der Waals surface area contributed by atoms with Gasteiger partial charge in [-0.25, -0.2) is 9.97 Å². The fourth-order valence-electron chi connectivity index (χ4n) is 6.63. The van der Waals surface area contributed by atoms with Crippen molar-refractivity contribution in [3.63, 3.8) is 0 Å². The summed E-state index contributed by atoms with van der Waals surface area (Å²) in [5, 5.41) is 1.73. The molecule has 0 aliphatic heterocycles. The van der Waals surface area contributed by atoms with Crippen LogP contribution in [-0.2, 0) is 0 Å². The summed E-state index contributed by atoms with van der Waals surface area (Å²) < 4.78 is 12.7. The Labute approximate surface area is 321 Å². The van der Waals surface area contributed by atoms with E-state index in [1.807, 2.05) is 48.5 Å². The second-order valence-corrected chi connectivity index (χ2v) is 13.9. The molecule has 282 valence electrons. The highest BCUT2D eigenvalue weighted by Crippen LogP contribution is 2.30. The molecule has 0 N–H and O–H groups in total. The summed E-state index contributed by atoms with van der Waals surface area (Å²) in [6, 6.07) is 33.2. The minimum absolute atomic E-state index is 0.289. The molecule has 6 rings (SSSR count). The first kappa shape index (κ1) is 38.5. The Morgan fingerprint density at radius 1 is 0.426 bits per heavy atom. The minimum Gasteiger partial charge on any atom is -0.474 e. The molecule has 8 heteroatoms. The molecule has 0 atom stereocenters. The molecule has 8 nitrogen and oxygen atoms in total. The third kappa shape index (κ3) is 9.84. The molecule has 2 aromatic heterocycles. The van der Waals surface area contributed by atoms with Crippen LogP contribution in [0.25, 0.3) is 44.6 Å². The number of hydrogen-bond donors (Lipinski definition) is 0. The molecule has 6 aromatic rings. The van der Waals surface area contributed by atoms with E-state index in [2.05, 4.69) is 86.0 Å². The van der Waals surface area contributed by atoms with Crippen molar-refractivity contribution < 1.29 is 9.47 Å². The Kier molecular flexibility index (Phi) is 14.1. The van der Waals surface area contributed by atoms with Crippen molar-refractivity contribution >= 4 is 33.2 Å². The van der Waals surface area contributed by atoms with Gasteiger partial charge in [-0.3, -0.25) is 0 Å². The van der Waals surface area contributed by atoms with Crippen LogP contribution in [-0.4, -0.2) is 59.3 Å². The van der Waals surface area contributed by atoms with Crippen LogP contribution in [0, 0.1) is 0 Å². The Morgan fingerprint density at radius 3 is 1.13 bits per heavy atom. The summed E-state index contributed by atoms with van der Waals surface area (Å²) in [5.74, 6) is 2.36. The molecule has 0 radical (unpaired) electrons. The zero-order valence-electron chi connectivity index (χ0n) is 32.6. The van der Waals surface area contributed by atoms with E-state index in [1.165, 1.54) is 62.7 Å². The van der Waals surface area contributed by atoms with Crippen molar-refractivity contribution in [3.05, 3.63) is 97.1 Å². The lowest BCUT2D eigenvalue weighted by atomic mass is 10.1. The Balaban J connectivity index is 1.17. The highest BCUT2D eigenvalue weighted by Gasteiger charge is 2.15. The molecular formula is C46H56N6O2. The summed E-state index contributed by atoms with van der Waals surface area (Å²) in [6.07, 6.45) is 9.47. The Bertz CT molecular complexity index is 1890. The lowest BCUT2D eigenvalue weighted by Gasteiger charge is -2.25. The van der Waals surface area contributed by atoms with Gasteiger partial charge < -0.3 is 19.3 Å². The molecule has 0 aliphatic carbocycles. The predicted molar refractivity (Wildman–Crippen MR) is 225 cm³/mol. The van der Waals surface area contributed by atoms with Crippen molar-refractivity contribution in [1.29, 1.82) is 0 Å². The van der Waals surface area contributed by atoms with Crippen LogP contribution in [0.1, 0.15) is 79.1 Å². The van der Waals surface area contributed by atoms with E-state index < -0.39 is 0 Å². The SMILES string of the molecule is CCCCN(CCCC)c1ccc(-c2nc(OCCOc3nc(-c4ccc(N(CCCC)CCCC)cc4)nc4ccccc34)c3ccccc3n2)cc1. The smallest absolute Gasteiger partial charge is 0.225 e. The summed E-state index contributed by atoms with van der Waals surface area (Å²) in [5.41, 5.74) is 6.07. The van der Waals surface area contributed by atoms with Gasteiger partial charge in [0.2, 0.25) is 11.8 Å². The molecule has 0 saturated heterocycles. The first-order chi connectivity index (χ1) is 26.6. The fourth-order valence-corrected chi connectivity index (χ4v) is 6.63. The normalized spacial score (nSPS) is 11.3. The fraction of sp³-hybridized carbons (Fsp3) is 0.391. The van der Waals surface area contributed by atoms with E-state index in [1.54, 1.807) is 0 Å². The highest BCUT2D eigenvalue weighted by atomic mass is 16.5. The molecule has 0 saturated carbocycles. The maximum atomic E-state index is 6.34. The lowest BCUT2D eigenvalue weighted by molar-refractivity contribution is 0.210. The zero-order valence-corrected chi connectivity index (χ0v) is 32.6. The largest absolute Gasteiger partial charge is 0.474 e. The molecule has 0 aliphatic rings. The second kappa shape index (κ2) is 19.7. The van der Waals surface area contributed by atoms with Gasteiger partial charge in [0, 0.05) is 48.7 Å². The number of nitrogens with zero attached hydrogens (tertiary/aromatic N) is 6. The van der Waals surface area contributed by atoms with Gasteiger partial charge in [0.05, 0.1) is 21.8 Å². The maximum Gasteiger partial charge on any atom is 0.225 e. The summed E-state index contributed by atoms with van der Waals surface area (Å²) in [6.45, 7) is 13.8. The maximum absolute atomic E-state index is 6.34. The van der Waals surface area contributed by atoms with Crippen LogP contribution in [0.4, 0.5) is 11.4 Å². The van der Waals surface area contributed by atoms with Crippen molar-refractivity contribution in [3.8, 4) is 34.5 Å². The number of para-hydroxylation sites is 2. The number of fused-ring (bicyclic) bond motifs is 2. The van der Waals surface area contributed by atoms with E-state index in [9.17, 15) is 0 Å². The number of unbranched alkanes of at least 4 members (excludes halogenated alkanes) is 4. The van der Waals surface area contributed by atoms with Crippen LogP contribution in [0.3, 0.4) is 0 Å². The molecule has 0 amide bonds. The molecule has 0 unspecified atom stereocenters. The lowest BCUT2D eigenvalue weighted by Crippen LogP contribution is -2.25. The first-order valence-electron chi connectivity index (χ1n) is 20.1. The van der Waals surface area contributed by atoms with E-state index in [4.69, 9.17) is 29.4 Å². The number of hydrogen-bond acceptors (Lipinski definition) is 8. The monoisotopic (exact) mass is 724 g/mol. The van der Waals surface area contributed by atoms with E-state index in [0.29, 0.717) is 23.4 Å². The third-order valence-corrected chi connectivity index (χ3v) is 9.81. The van der Waals surface area contributed by atoms with Gasteiger partial charge >= 0.3 is 0 Å². The molecule has 2 heterocycles. The number of benzene rings is 4. The summed E-state index contributed by atoms with van der Waals surface area (Å²) in [4.78, 5) is 24.6. The van der Waals surface area contributed by atoms with E-state index >= 15 is 0 Å². The quantitative estimate of drug-likeness (QED) is 0.0679. The summed E-state index contributed by atoms with van der Waals surface area (Å²) in [7, 11) is 0. The minimum atomic E-state index is 0.289. The first-order valence-corrected chi connectivity index (χ1v) is 20.1. The predicted octanol–water partition coefficient (Wildman–Crippen LogP) is 11.2. The van der Waals surface area contributed by atoms with Gasteiger partial charge in [-0.15, -0.1) is 0 Å². The highest BCUT2D eigenvalue weighted by molar-refractivity contribution is 5.86. The van der Waals surface area contributed by atoms with Crippen molar-refractivity contribution in [2.75, 3.05) is 49.2 Å². The molecule has 0 spiro atoms. The number of rotatable bonds is 21. The van der Waals surface area contributed by atoms with Crippen molar-refractivity contribution in [1.82, 2.24) is 19.9 Å². The van der Waals surface area contributed by atoms with Crippen LogP contribution in [0.15, 0.2) is 97.1 Å². The van der Waals surface area contributed by atoms with Gasteiger partial charge in [-0.1, -0.05) is 77.6 Å². The van der Waals surface area contributed by atoms with Crippen molar-refractivity contribution in [2.24, 2.45) is 0 Å². The Morgan fingerprint density at radius 2 is 0.778 bits per heavy atom. The van der Waals surface area contributed by atoms with E-state index in [-0.39, 0.29) is 13.2 Å². The van der Waals surface area contributed by atoms with Crippen LogP contribution in [0.5, 0.6) is 11.8 Å². The molecular weight excluding hydrogens is 669 g/mol. The average Bonchev–Trinajstić information content (AvgIpc) is 3.22. The third-order valence-electron chi connectivity index (χ3n) is 9.81. The summed E-state index contributed by atoms with van der Waals surface area (Å²) >= 11 is 0. The number of anilines is 2. The van der Waals surface area contributed by atoms with Crippen LogP contribution < -0.4 is 19.3 Å².